The average molecular weight is 229 g/mol. The summed E-state index contributed by atoms with van der Waals surface area (Å²) >= 11 is 0. The van der Waals surface area contributed by atoms with Crippen LogP contribution in [-0.2, 0) is 0 Å². The standard InChI is InChI=1S/C16H23N/c1-12-5-3-6-13(9-12)15-8-4-7-14-10-17(2)11-16(14)15/h3,5-6,9,14-16H,4,7-8,10-11H2,1-2H3. The van der Waals surface area contributed by atoms with Crippen LogP contribution in [0.25, 0.3) is 0 Å². The van der Waals surface area contributed by atoms with Gasteiger partial charge in [-0.3, -0.25) is 0 Å². The van der Waals surface area contributed by atoms with Crippen LogP contribution in [0, 0.1) is 18.8 Å². The first-order valence-corrected chi connectivity index (χ1v) is 6.99. The molecule has 1 heterocycles. The minimum Gasteiger partial charge on any atom is -0.306 e. The maximum Gasteiger partial charge on any atom is 0.00157 e. The van der Waals surface area contributed by atoms with Gasteiger partial charge in [0.25, 0.3) is 0 Å². The summed E-state index contributed by atoms with van der Waals surface area (Å²) in [6.45, 7) is 4.85. The van der Waals surface area contributed by atoms with Crippen molar-refractivity contribution < 1.29 is 0 Å². The summed E-state index contributed by atoms with van der Waals surface area (Å²) in [6.07, 6.45) is 4.28. The monoisotopic (exact) mass is 229 g/mol. The molecule has 1 heteroatoms. The molecule has 1 saturated heterocycles. The van der Waals surface area contributed by atoms with Gasteiger partial charge < -0.3 is 4.90 Å². The second-order valence-electron chi connectivity index (χ2n) is 6.10. The van der Waals surface area contributed by atoms with Gasteiger partial charge in [0.15, 0.2) is 0 Å². The molecule has 3 atom stereocenters. The maximum absolute atomic E-state index is 2.53. The van der Waals surface area contributed by atoms with Crippen LogP contribution in [0.3, 0.4) is 0 Å². The molecule has 2 aliphatic rings. The summed E-state index contributed by atoms with van der Waals surface area (Å²) in [6, 6.07) is 9.20. The van der Waals surface area contributed by atoms with Crippen molar-refractivity contribution in [3.05, 3.63) is 35.4 Å². The van der Waals surface area contributed by atoms with E-state index in [0.29, 0.717) is 0 Å². The summed E-state index contributed by atoms with van der Waals surface area (Å²) in [5, 5.41) is 0. The van der Waals surface area contributed by atoms with Crippen LogP contribution in [-0.4, -0.2) is 25.0 Å². The quantitative estimate of drug-likeness (QED) is 0.713. The lowest BCUT2D eigenvalue weighted by atomic mass is 9.71. The molecule has 0 radical (unpaired) electrons. The second kappa shape index (κ2) is 4.45. The summed E-state index contributed by atoms with van der Waals surface area (Å²) in [5.41, 5.74) is 3.01. The Hall–Kier alpha value is -0.820. The molecular formula is C16H23N. The van der Waals surface area contributed by atoms with Crippen LogP contribution in [0.2, 0.25) is 0 Å². The van der Waals surface area contributed by atoms with Crippen molar-refractivity contribution in [3.8, 4) is 0 Å². The molecule has 92 valence electrons. The molecule has 1 nitrogen and oxygen atoms in total. The number of nitrogens with zero attached hydrogens (tertiary/aromatic N) is 1. The zero-order valence-corrected chi connectivity index (χ0v) is 11.0. The minimum atomic E-state index is 0.818. The van der Waals surface area contributed by atoms with Crippen LogP contribution >= 0.6 is 0 Å². The fourth-order valence-corrected chi connectivity index (χ4v) is 4.01. The Kier molecular flexibility index (Phi) is 2.96. The number of fused-ring (bicyclic) bond motifs is 1. The van der Waals surface area contributed by atoms with E-state index in [-0.39, 0.29) is 0 Å². The van der Waals surface area contributed by atoms with E-state index in [0.717, 1.165) is 17.8 Å². The molecule has 1 aromatic carbocycles. The Morgan fingerprint density at radius 2 is 2.06 bits per heavy atom. The lowest BCUT2D eigenvalue weighted by Gasteiger charge is -2.33. The van der Waals surface area contributed by atoms with Gasteiger partial charge in [-0.1, -0.05) is 36.2 Å². The molecule has 1 aliphatic carbocycles. The molecule has 0 spiro atoms. The Morgan fingerprint density at radius 1 is 1.18 bits per heavy atom. The first-order valence-electron chi connectivity index (χ1n) is 6.99. The summed E-state index contributed by atoms with van der Waals surface area (Å²) in [5.74, 6) is 2.69. The number of hydrogen-bond donors (Lipinski definition) is 0. The lowest BCUT2D eigenvalue weighted by molar-refractivity contribution is 0.258. The molecule has 0 aromatic heterocycles. The van der Waals surface area contributed by atoms with Crippen LogP contribution in [0.1, 0.15) is 36.3 Å². The van der Waals surface area contributed by atoms with Crippen LogP contribution in [0.5, 0.6) is 0 Å². The highest BCUT2D eigenvalue weighted by molar-refractivity contribution is 5.27. The van der Waals surface area contributed by atoms with E-state index in [2.05, 4.69) is 43.1 Å². The number of likely N-dealkylation sites (tertiary alicyclic amines) is 1. The zero-order chi connectivity index (χ0) is 11.8. The van der Waals surface area contributed by atoms with Gasteiger partial charge in [0.1, 0.15) is 0 Å². The normalized spacial score (nSPS) is 33.6. The molecule has 1 aromatic rings. The lowest BCUT2D eigenvalue weighted by Crippen LogP contribution is -2.25. The summed E-state index contributed by atoms with van der Waals surface area (Å²) in [4.78, 5) is 2.53. The third kappa shape index (κ3) is 2.13. The van der Waals surface area contributed by atoms with Crippen molar-refractivity contribution in [2.45, 2.75) is 32.1 Å². The van der Waals surface area contributed by atoms with Gasteiger partial charge in [-0.25, -0.2) is 0 Å². The van der Waals surface area contributed by atoms with Gasteiger partial charge >= 0.3 is 0 Å². The van der Waals surface area contributed by atoms with E-state index < -0.39 is 0 Å². The van der Waals surface area contributed by atoms with E-state index >= 15 is 0 Å². The predicted octanol–water partition coefficient (Wildman–Crippen LogP) is 3.44. The van der Waals surface area contributed by atoms with E-state index in [4.69, 9.17) is 0 Å². The number of aryl methyl sites for hydroxylation is 1. The molecule has 1 aliphatic heterocycles. The van der Waals surface area contributed by atoms with Crippen molar-refractivity contribution in [1.82, 2.24) is 4.90 Å². The summed E-state index contributed by atoms with van der Waals surface area (Å²) in [7, 11) is 2.28. The van der Waals surface area contributed by atoms with Gasteiger partial charge in [0, 0.05) is 13.1 Å². The SMILES string of the molecule is Cc1cccc(C2CCCC3CN(C)CC32)c1. The predicted molar refractivity (Wildman–Crippen MR) is 72.2 cm³/mol. The van der Waals surface area contributed by atoms with E-state index in [1.54, 1.807) is 5.56 Å². The number of hydrogen-bond acceptors (Lipinski definition) is 1. The van der Waals surface area contributed by atoms with Crippen molar-refractivity contribution in [3.63, 3.8) is 0 Å². The first-order chi connectivity index (χ1) is 8.24. The molecule has 3 rings (SSSR count). The van der Waals surface area contributed by atoms with Crippen molar-refractivity contribution in [1.29, 1.82) is 0 Å². The Balaban J connectivity index is 1.87. The maximum atomic E-state index is 2.53. The van der Waals surface area contributed by atoms with Gasteiger partial charge in [-0.05, 0) is 50.1 Å². The highest BCUT2D eigenvalue weighted by Gasteiger charge is 2.39. The Morgan fingerprint density at radius 3 is 2.88 bits per heavy atom. The van der Waals surface area contributed by atoms with E-state index in [9.17, 15) is 0 Å². The van der Waals surface area contributed by atoms with E-state index in [1.807, 2.05) is 0 Å². The fourth-order valence-electron chi connectivity index (χ4n) is 4.01. The Bertz CT molecular complexity index is 398. The van der Waals surface area contributed by atoms with Crippen LogP contribution in [0.4, 0.5) is 0 Å². The van der Waals surface area contributed by atoms with E-state index in [1.165, 1.54) is 37.9 Å². The first kappa shape index (κ1) is 11.3. The topological polar surface area (TPSA) is 3.24 Å². The van der Waals surface area contributed by atoms with Crippen molar-refractivity contribution in [2.24, 2.45) is 11.8 Å². The molecule has 2 fully saturated rings. The second-order valence-corrected chi connectivity index (χ2v) is 6.10. The molecule has 0 bridgehead atoms. The molecule has 1 saturated carbocycles. The molecule has 17 heavy (non-hydrogen) atoms. The zero-order valence-electron chi connectivity index (χ0n) is 11.0. The van der Waals surface area contributed by atoms with Gasteiger partial charge in [0.05, 0.1) is 0 Å². The van der Waals surface area contributed by atoms with Gasteiger partial charge in [-0.15, -0.1) is 0 Å². The smallest absolute Gasteiger partial charge is 0.00157 e. The number of rotatable bonds is 1. The van der Waals surface area contributed by atoms with Gasteiger partial charge in [-0.2, -0.15) is 0 Å². The van der Waals surface area contributed by atoms with Crippen LogP contribution in [0.15, 0.2) is 24.3 Å². The highest BCUT2D eigenvalue weighted by atomic mass is 15.1. The van der Waals surface area contributed by atoms with Crippen LogP contribution < -0.4 is 0 Å². The Labute approximate surface area is 105 Å². The minimum absolute atomic E-state index is 0.818. The molecule has 0 amide bonds. The number of benzene rings is 1. The van der Waals surface area contributed by atoms with Gasteiger partial charge in [0.2, 0.25) is 0 Å². The third-order valence-electron chi connectivity index (χ3n) is 4.75. The molecule has 0 N–H and O–H groups in total. The van der Waals surface area contributed by atoms with Crippen molar-refractivity contribution in [2.75, 3.05) is 20.1 Å². The fraction of sp³-hybridized carbons (Fsp3) is 0.625. The molecule has 3 unspecified atom stereocenters. The third-order valence-corrected chi connectivity index (χ3v) is 4.75. The van der Waals surface area contributed by atoms with Crippen molar-refractivity contribution >= 4 is 0 Å². The molecular weight excluding hydrogens is 206 g/mol. The highest BCUT2D eigenvalue weighted by Crippen LogP contribution is 2.44. The summed E-state index contributed by atoms with van der Waals surface area (Å²) < 4.78 is 0. The average Bonchev–Trinajstić information content (AvgIpc) is 2.68. The largest absolute Gasteiger partial charge is 0.306 e.